The molecule has 0 saturated heterocycles. The molecule has 1 aliphatic rings. The molecule has 0 fully saturated rings. The Morgan fingerprint density at radius 2 is 1.58 bits per heavy atom. The first kappa shape index (κ1) is 14.5. The SMILES string of the molecule is O=C(O)CC1(c2cccc3ccccc23)OC(=O)c2ccccc21. The van der Waals surface area contributed by atoms with Crippen LogP contribution in [0.4, 0.5) is 0 Å². The van der Waals surface area contributed by atoms with Gasteiger partial charge in [-0.05, 0) is 16.8 Å². The van der Waals surface area contributed by atoms with E-state index in [2.05, 4.69) is 0 Å². The highest BCUT2D eigenvalue weighted by molar-refractivity contribution is 5.98. The average Bonchev–Trinajstić information content (AvgIpc) is 2.87. The Morgan fingerprint density at radius 3 is 2.42 bits per heavy atom. The van der Waals surface area contributed by atoms with Crippen LogP contribution in [0.1, 0.15) is 27.9 Å². The van der Waals surface area contributed by atoms with Crippen LogP contribution in [0.5, 0.6) is 0 Å². The van der Waals surface area contributed by atoms with E-state index in [1.165, 1.54) is 0 Å². The lowest BCUT2D eigenvalue weighted by Gasteiger charge is -2.29. The molecule has 1 N–H and O–H groups in total. The van der Waals surface area contributed by atoms with Gasteiger partial charge >= 0.3 is 11.9 Å². The van der Waals surface area contributed by atoms with Gasteiger partial charge in [0, 0.05) is 11.1 Å². The minimum absolute atomic E-state index is 0.316. The summed E-state index contributed by atoms with van der Waals surface area (Å²) in [7, 11) is 0. The van der Waals surface area contributed by atoms with E-state index in [9.17, 15) is 14.7 Å². The molecule has 4 heteroatoms. The molecule has 0 amide bonds. The predicted octanol–water partition coefficient (Wildman–Crippen LogP) is 3.73. The molecule has 4 rings (SSSR count). The van der Waals surface area contributed by atoms with Crippen LogP contribution >= 0.6 is 0 Å². The molecule has 24 heavy (non-hydrogen) atoms. The Morgan fingerprint density at radius 1 is 0.917 bits per heavy atom. The van der Waals surface area contributed by atoms with Crippen molar-refractivity contribution < 1.29 is 19.4 Å². The van der Waals surface area contributed by atoms with Crippen LogP contribution in [0.15, 0.2) is 66.7 Å². The molecule has 4 nitrogen and oxygen atoms in total. The van der Waals surface area contributed by atoms with E-state index in [0.29, 0.717) is 16.7 Å². The van der Waals surface area contributed by atoms with Gasteiger partial charge in [0.15, 0.2) is 5.60 Å². The number of esters is 1. The molecule has 0 bridgehead atoms. The lowest BCUT2D eigenvalue weighted by atomic mass is 9.80. The van der Waals surface area contributed by atoms with E-state index in [4.69, 9.17) is 4.74 Å². The van der Waals surface area contributed by atoms with Crippen LogP contribution in [0.3, 0.4) is 0 Å². The van der Waals surface area contributed by atoms with Gasteiger partial charge in [-0.25, -0.2) is 4.79 Å². The highest BCUT2D eigenvalue weighted by Gasteiger charge is 2.49. The van der Waals surface area contributed by atoms with E-state index in [1.807, 2.05) is 42.5 Å². The number of ether oxygens (including phenoxy) is 1. The quantitative estimate of drug-likeness (QED) is 0.747. The van der Waals surface area contributed by atoms with Gasteiger partial charge in [0.25, 0.3) is 0 Å². The number of benzene rings is 3. The summed E-state index contributed by atoms with van der Waals surface area (Å²) in [6, 6.07) is 20.3. The second kappa shape index (κ2) is 5.20. The fourth-order valence-electron chi connectivity index (χ4n) is 3.50. The molecule has 118 valence electrons. The topological polar surface area (TPSA) is 63.6 Å². The predicted molar refractivity (Wildman–Crippen MR) is 88.8 cm³/mol. The number of carboxylic acid groups (broad SMARTS) is 1. The Labute approximate surface area is 138 Å². The van der Waals surface area contributed by atoms with Crippen LogP contribution in [0.2, 0.25) is 0 Å². The third-order valence-electron chi connectivity index (χ3n) is 4.47. The number of cyclic esters (lactones) is 1. The van der Waals surface area contributed by atoms with Crippen molar-refractivity contribution in [3.63, 3.8) is 0 Å². The number of aliphatic carboxylic acids is 1. The standard InChI is InChI=1S/C20H14O4/c21-18(22)12-20(17-10-4-3-9-15(17)19(23)24-20)16-11-5-7-13-6-1-2-8-14(13)16/h1-11H,12H2,(H,21,22). The highest BCUT2D eigenvalue weighted by atomic mass is 16.6. The molecular formula is C20H14O4. The fourth-order valence-corrected chi connectivity index (χ4v) is 3.50. The van der Waals surface area contributed by atoms with Crippen molar-refractivity contribution in [1.29, 1.82) is 0 Å². The summed E-state index contributed by atoms with van der Waals surface area (Å²) in [6.07, 6.45) is -0.316. The lowest BCUT2D eigenvalue weighted by molar-refractivity contribution is -0.141. The van der Waals surface area contributed by atoms with Crippen LogP contribution in [0.25, 0.3) is 10.8 Å². The van der Waals surface area contributed by atoms with Gasteiger partial charge in [-0.2, -0.15) is 0 Å². The maximum atomic E-state index is 12.4. The molecule has 1 aliphatic heterocycles. The first-order chi connectivity index (χ1) is 11.6. The Kier molecular flexibility index (Phi) is 3.13. The molecule has 1 atom stereocenters. The summed E-state index contributed by atoms with van der Waals surface area (Å²) in [5, 5.41) is 11.3. The Balaban J connectivity index is 2.06. The van der Waals surface area contributed by atoms with E-state index in [-0.39, 0.29) is 6.42 Å². The number of rotatable bonds is 3. The van der Waals surface area contributed by atoms with Crippen LogP contribution in [-0.2, 0) is 15.1 Å². The molecule has 1 heterocycles. The molecule has 3 aromatic carbocycles. The van der Waals surface area contributed by atoms with E-state index in [0.717, 1.165) is 10.8 Å². The molecule has 3 aromatic rings. The van der Waals surface area contributed by atoms with Crippen molar-refractivity contribution in [2.45, 2.75) is 12.0 Å². The van der Waals surface area contributed by atoms with Crippen LogP contribution < -0.4 is 0 Å². The van der Waals surface area contributed by atoms with Crippen LogP contribution in [-0.4, -0.2) is 17.0 Å². The number of fused-ring (bicyclic) bond motifs is 2. The first-order valence-electron chi connectivity index (χ1n) is 7.65. The lowest BCUT2D eigenvalue weighted by Crippen LogP contribution is -2.31. The number of carbonyl (C=O) groups is 2. The van der Waals surface area contributed by atoms with Crippen molar-refractivity contribution in [1.82, 2.24) is 0 Å². The molecule has 0 saturated carbocycles. The van der Waals surface area contributed by atoms with Crippen molar-refractivity contribution in [3.05, 3.63) is 83.4 Å². The van der Waals surface area contributed by atoms with Crippen molar-refractivity contribution in [3.8, 4) is 0 Å². The van der Waals surface area contributed by atoms with Crippen LogP contribution in [0, 0.1) is 0 Å². The molecular weight excluding hydrogens is 304 g/mol. The zero-order valence-corrected chi connectivity index (χ0v) is 12.7. The zero-order chi connectivity index (χ0) is 16.7. The summed E-state index contributed by atoms with van der Waals surface area (Å²) < 4.78 is 5.70. The van der Waals surface area contributed by atoms with E-state index in [1.54, 1.807) is 24.3 Å². The normalized spacial score (nSPS) is 19.1. The highest BCUT2D eigenvalue weighted by Crippen LogP contribution is 2.46. The average molecular weight is 318 g/mol. The Bertz CT molecular complexity index is 967. The third-order valence-corrected chi connectivity index (χ3v) is 4.47. The smallest absolute Gasteiger partial charge is 0.339 e. The van der Waals surface area contributed by atoms with Gasteiger partial charge in [-0.3, -0.25) is 4.79 Å². The van der Waals surface area contributed by atoms with Gasteiger partial charge in [-0.1, -0.05) is 60.7 Å². The maximum absolute atomic E-state index is 12.4. The number of carboxylic acids is 1. The maximum Gasteiger partial charge on any atom is 0.339 e. The zero-order valence-electron chi connectivity index (χ0n) is 12.7. The third kappa shape index (κ3) is 2.00. The van der Waals surface area contributed by atoms with Gasteiger partial charge in [0.05, 0.1) is 12.0 Å². The van der Waals surface area contributed by atoms with Gasteiger partial charge < -0.3 is 9.84 Å². The Hall–Kier alpha value is -3.14. The molecule has 0 spiro atoms. The monoisotopic (exact) mass is 318 g/mol. The van der Waals surface area contributed by atoms with E-state index < -0.39 is 17.5 Å². The van der Waals surface area contributed by atoms with Crippen molar-refractivity contribution in [2.24, 2.45) is 0 Å². The second-order valence-electron chi connectivity index (χ2n) is 5.86. The largest absolute Gasteiger partial charge is 0.481 e. The fraction of sp³-hybridized carbons (Fsp3) is 0.100. The summed E-state index contributed by atoms with van der Waals surface area (Å²) in [5.74, 6) is -1.51. The summed E-state index contributed by atoms with van der Waals surface area (Å²) in [5.41, 5.74) is 0.419. The number of hydrogen-bond acceptors (Lipinski definition) is 3. The minimum Gasteiger partial charge on any atom is -0.481 e. The minimum atomic E-state index is -1.31. The number of carbonyl (C=O) groups excluding carboxylic acids is 1. The van der Waals surface area contributed by atoms with E-state index >= 15 is 0 Å². The summed E-state index contributed by atoms with van der Waals surface area (Å²) in [4.78, 5) is 24.0. The van der Waals surface area contributed by atoms with Crippen molar-refractivity contribution >= 4 is 22.7 Å². The van der Waals surface area contributed by atoms with Gasteiger partial charge in [0.1, 0.15) is 0 Å². The molecule has 1 unspecified atom stereocenters. The summed E-state index contributed by atoms with van der Waals surface area (Å²) >= 11 is 0. The second-order valence-corrected chi connectivity index (χ2v) is 5.86. The molecule has 0 aliphatic carbocycles. The number of hydrogen-bond donors (Lipinski definition) is 1. The van der Waals surface area contributed by atoms with Gasteiger partial charge in [-0.15, -0.1) is 0 Å². The first-order valence-corrected chi connectivity index (χ1v) is 7.65. The van der Waals surface area contributed by atoms with Gasteiger partial charge in [0.2, 0.25) is 0 Å². The molecule has 0 aromatic heterocycles. The van der Waals surface area contributed by atoms with Crippen molar-refractivity contribution in [2.75, 3.05) is 0 Å². The summed E-state index contributed by atoms with van der Waals surface area (Å²) in [6.45, 7) is 0. The molecule has 0 radical (unpaired) electrons.